The molecule has 1 heteroatoms. The first-order chi connectivity index (χ1) is 22.6. The molecular formula is C45H30S. The molecule has 0 saturated heterocycles. The van der Waals surface area contributed by atoms with Gasteiger partial charge < -0.3 is 0 Å². The van der Waals surface area contributed by atoms with Crippen LogP contribution in [-0.2, 0) is 5.41 Å². The number of thiophene rings is 1. The molecule has 0 saturated carbocycles. The summed E-state index contributed by atoms with van der Waals surface area (Å²) in [7, 11) is 0. The van der Waals surface area contributed by atoms with Crippen LogP contribution >= 0.6 is 11.3 Å². The van der Waals surface area contributed by atoms with Crippen LogP contribution in [0.25, 0.3) is 85.9 Å². The molecule has 0 bridgehead atoms. The summed E-state index contributed by atoms with van der Waals surface area (Å²) in [5, 5.41) is 10.5. The molecule has 10 rings (SSSR count). The van der Waals surface area contributed by atoms with Crippen molar-refractivity contribution in [1.82, 2.24) is 0 Å². The van der Waals surface area contributed by atoms with Crippen molar-refractivity contribution in [3.8, 4) is 33.4 Å². The highest BCUT2D eigenvalue weighted by atomic mass is 32.1. The van der Waals surface area contributed by atoms with Gasteiger partial charge in [-0.1, -0.05) is 141 Å². The van der Waals surface area contributed by atoms with Crippen molar-refractivity contribution in [3.05, 3.63) is 157 Å². The maximum absolute atomic E-state index is 2.42. The van der Waals surface area contributed by atoms with Crippen LogP contribution in [0.4, 0.5) is 0 Å². The Morgan fingerprint density at radius 3 is 1.72 bits per heavy atom. The molecule has 8 aromatic carbocycles. The molecule has 9 aromatic rings. The van der Waals surface area contributed by atoms with Gasteiger partial charge in [0.1, 0.15) is 0 Å². The van der Waals surface area contributed by atoms with E-state index in [1.54, 1.807) is 0 Å². The van der Waals surface area contributed by atoms with E-state index in [4.69, 9.17) is 0 Å². The molecule has 216 valence electrons. The molecule has 1 aromatic heterocycles. The van der Waals surface area contributed by atoms with Crippen molar-refractivity contribution < 1.29 is 0 Å². The first kappa shape index (κ1) is 26.0. The highest BCUT2D eigenvalue weighted by molar-refractivity contribution is 7.25. The van der Waals surface area contributed by atoms with Gasteiger partial charge in [0.05, 0.1) is 0 Å². The summed E-state index contributed by atoms with van der Waals surface area (Å²) >= 11 is 1.88. The van der Waals surface area contributed by atoms with E-state index in [2.05, 4.69) is 159 Å². The van der Waals surface area contributed by atoms with E-state index in [9.17, 15) is 0 Å². The lowest BCUT2D eigenvalue weighted by molar-refractivity contribution is 0.661. The summed E-state index contributed by atoms with van der Waals surface area (Å²) in [6, 6.07) is 54.5. The molecule has 0 N–H and O–H groups in total. The lowest BCUT2D eigenvalue weighted by Crippen LogP contribution is -2.14. The smallest absolute Gasteiger partial charge is 0.0355 e. The number of hydrogen-bond donors (Lipinski definition) is 0. The average molecular weight is 603 g/mol. The number of fused-ring (bicyclic) bond motifs is 10. The van der Waals surface area contributed by atoms with E-state index in [0.29, 0.717) is 0 Å². The fraction of sp³-hybridized carbons (Fsp3) is 0.0667. The standard InChI is InChI=1S/C45H30S/c1-45(2)37-20-11-19-35(44(37)43-29-13-4-3-12-27(29)22-24-38(43)45)42-33-17-7-5-15-31(33)41(32-16-6-8-18-34(32)42)28-23-25-40-36(26-28)30-14-9-10-21-39(30)46-40/h3-26H,1-2H3. The van der Waals surface area contributed by atoms with E-state index in [1.807, 2.05) is 11.3 Å². The number of hydrogen-bond acceptors (Lipinski definition) is 1. The lowest BCUT2D eigenvalue weighted by Gasteiger charge is -2.22. The molecule has 1 aliphatic rings. The van der Waals surface area contributed by atoms with Gasteiger partial charge in [-0.2, -0.15) is 0 Å². The minimum Gasteiger partial charge on any atom is -0.135 e. The minimum absolute atomic E-state index is 0.0883. The van der Waals surface area contributed by atoms with Crippen molar-refractivity contribution in [2.24, 2.45) is 0 Å². The summed E-state index contributed by atoms with van der Waals surface area (Å²) in [6.45, 7) is 4.78. The number of benzene rings is 8. The second kappa shape index (κ2) is 9.39. The van der Waals surface area contributed by atoms with E-state index >= 15 is 0 Å². The fourth-order valence-corrected chi connectivity index (χ4v) is 9.46. The van der Waals surface area contributed by atoms with Crippen LogP contribution in [0, 0.1) is 0 Å². The first-order valence-corrected chi connectivity index (χ1v) is 16.9. The van der Waals surface area contributed by atoms with Crippen molar-refractivity contribution in [2.45, 2.75) is 19.3 Å². The minimum atomic E-state index is -0.0883. The molecule has 0 spiro atoms. The van der Waals surface area contributed by atoms with E-state index in [1.165, 1.54) is 97.0 Å². The maximum Gasteiger partial charge on any atom is 0.0355 e. The van der Waals surface area contributed by atoms with Crippen LogP contribution in [0.2, 0.25) is 0 Å². The zero-order chi connectivity index (χ0) is 30.6. The quantitative estimate of drug-likeness (QED) is 0.173. The van der Waals surface area contributed by atoms with Crippen molar-refractivity contribution >= 4 is 63.8 Å². The molecule has 1 aliphatic carbocycles. The van der Waals surface area contributed by atoms with Gasteiger partial charge in [0.2, 0.25) is 0 Å². The topological polar surface area (TPSA) is 0 Å². The van der Waals surface area contributed by atoms with Gasteiger partial charge in [0.25, 0.3) is 0 Å². The Hall–Kier alpha value is -5.24. The normalized spacial score (nSPS) is 13.6. The molecule has 1 heterocycles. The second-order valence-corrected chi connectivity index (χ2v) is 14.3. The fourth-order valence-electron chi connectivity index (χ4n) is 8.37. The highest BCUT2D eigenvalue weighted by Gasteiger charge is 2.38. The summed E-state index contributed by atoms with van der Waals surface area (Å²) in [5.41, 5.74) is 10.7. The van der Waals surface area contributed by atoms with E-state index in [-0.39, 0.29) is 5.41 Å². The van der Waals surface area contributed by atoms with Gasteiger partial charge in [0.15, 0.2) is 0 Å². The van der Waals surface area contributed by atoms with Crippen molar-refractivity contribution in [1.29, 1.82) is 0 Å². The Balaban J connectivity index is 1.33. The van der Waals surface area contributed by atoms with Crippen LogP contribution in [-0.4, -0.2) is 0 Å². The predicted octanol–water partition coefficient (Wildman–Crippen LogP) is 13.2. The van der Waals surface area contributed by atoms with Crippen LogP contribution in [0.1, 0.15) is 25.0 Å². The molecule has 0 fully saturated rings. The van der Waals surface area contributed by atoms with Gasteiger partial charge in [0, 0.05) is 25.6 Å². The molecule has 0 radical (unpaired) electrons. The zero-order valence-corrected chi connectivity index (χ0v) is 26.6. The van der Waals surface area contributed by atoms with Gasteiger partial charge in [-0.05, 0) is 95.0 Å². The summed E-state index contributed by atoms with van der Waals surface area (Å²) in [6.07, 6.45) is 0. The first-order valence-electron chi connectivity index (χ1n) is 16.1. The molecule has 0 amide bonds. The molecular weight excluding hydrogens is 573 g/mol. The lowest BCUT2D eigenvalue weighted by atomic mass is 9.80. The molecule has 0 unspecified atom stereocenters. The van der Waals surface area contributed by atoms with Gasteiger partial charge >= 0.3 is 0 Å². The van der Waals surface area contributed by atoms with E-state index in [0.717, 1.165) is 0 Å². The zero-order valence-electron chi connectivity index (χ0n) is 25.8. The average Bonchev–Trinajstić information content (AvgIpc) is 3.59. The summed E-state index contributed by atoms with van der Waals surface area (Å²) < 4.78 is 2.68. The van der Waals surface area contributed by atoms with Crippen LogP contribution in [0.3, 0.4) is 0 Å². The van der Waals surface area contributed by atoms with Crippen molar-refractivity contribution in [2.75, 3.05) is 0 Å². The number of rotatable bonds is 2. The van der Waals surface area contributed by atoms with Crippen molar-refractivity contribution in [3.63, 3.8) is 0 Å². The van der Waals surface area contributed by atoms with Gasteiger partial charge in [-0.25, -0.2) is 0 Å². The highest BCUT2D eigenvalue weighted by Crippen LogP contribution is 2.56. The predicted molar refractivity (Wildman–Crippen MR) is 200 cm³/mol. The second-order valence-electron chi connectivity index (χ2n) is 13.2. The van der Waals surface area contributed by atoms with Gasteiger partial charge in [-0.15, -0.1) is 11.3 Å². The third-order valence-corrected chi connectivity index (χ3v) is 11.6. The Labute approximate surface area is 272 Å². The Morgan fingerprint density at radius 1 is 0.391 bits per heavy atom. The Kier molecular flexibility index (Phi) is 5.31. The monoisotopic (exact) mass is 602 g/mol. The molecule has 0 aliphatic heterocycles. The van der Waals surface area contributed by atoms with Crippen LogP contribution in [0.5, 0.6) is 0 Å². The Morgan fingerprint density at radius 2 is 0.978 bits per heavy atom. The largest absolute Gasteiger partial charge is 0.135 e. The molecule has 0 atom stereocenters. The maximum atomic E-state index is 2.42. The van der Waals surface area contributed by atoms with Gasteiger partial charge in [-0.3, -0.25) is 0 Å². The van der Waals surface area contributed by atoms with Crippen LogP contribution < -0.4 is 0 Å². The van der Waals surface area contributed by atoms with Crippen LogP contribution in [0.15, 0.2) is 146 Å². The molecule has 0 nitrogen and oxygen atoms in total. The Bertz CT molecular complexity index is 2660. The third kappa shape index (κ3) is 3.44. The summed E-state index contributed by atoms with van der Waals surface area (Å²) in [5.74, 6) is 0. The summed E-state index contributed by atoms with van der Waals surface area (Å²) in [4.78, 5) is 0. The van der Waals surface area contributed by atoms with E-state index < -0.39 is 0 Å². The SMILES string of the molecule is CC1(C)c2cccc(-c3c4ccccc4c(-c4ccc5sc6ccccc6c5c4)c4ccccc34)c2-c2c1ccc1ccccc21. The third-order valence-electron chi connectivity index (χ3n) is 10.5. The molecule has 46 heavy (non-hydrogen) atoms.